The molecule has 0 amide bonds. The van der Waals surface area contributed by atoms with Gasteiger partial charge in [0, 0.05) is 17.4 Å². The lowest BCUT2D eigenvalue weighted by molar-refractivity contribution is 0.229. The molecule has 1 saturated carbocycles. The number of hydrogen-bond acceptors (Lipinski definition) is 2. The number of rotatable bonds is 2. The Morgan fingerprint density at radius 1 is 1.35 bits per heavy atom. The summed E-state index contributed by atoms with van der Waals surface area (Å²) < 4.78 is 0. The summed E-state index contributed by atoms with van der Waals surface area (Å²) in [5, 5.41) is 3.68. The number of nitrogens with two attached hydrogens (primary N) is 1. The Labute approximate surface area is 105 Å². The normalized spacial score (nSPS) is 23.4. The maximum Gasteiger partial charge on any atom is 0.0373 e. The van der Waals surface area contributed by atoms with Gasteiger partial charge in [0.15, 0.2) is 0 Å². The zero-order valence-electron chi connectivity index (χ0n) is 11.2. The van der Waals surface area contributed by atoms with Crippen molar-refractivity contribution >= 4 is 11.4 Å². The Kier molecular flexibility index (Phi) is 3.32. The summed E-state index contributed by atoms with van der Waals surface area (Å²) in [5.74, 6) is 0. The van der Waals surface area contributed by atoms with E-state index in [1.165, 1.54) is 36.9 Å². The van der Waals surface area contributed by atoms with Gasteiger partial charge in [-0.3, -0.25) is 0 Å². The molecule has 0 aliphatic heterocycles. The molecule has 1 atom stereocenters. The van der Waals surface area contributed by atoms with Crippen LogP contribution in [0.4, 0.5) is 11.4 Å². The molecule has 0 spiro atoms. The Balaban J connectivity index is 2.05. The molecule has 0 saturated heterocycles. The Hall–Kier alpha value is -1.18. The van der Waals surface area contributed by atoms with Crippen LogP contribution in [0.2, 0.25) is 0 Å². The minimum absolute atomic E-state index is 0.484. The predicted molar refractivity (Wildman–Crippen MR) is 75.3 cm³/mol. The van der Waals surface area contributed by atoms with Crippen molar-refractivity contribution in [2.24, 2.45) is 5.41 Å². The fourth-order valence-electron chi connectivity index (χ4n) is 2.89. The lowest BCUT2D eigenvalue weighted by atomic mass is 9.75. The summed E-state index contributed by atoms with van der Waals surface area (Å²) in [7, 11) is 0. The van der Waals surface area contributed by atoms with Crippen molar-refractivity contribution in [2.45, 2.75) is 52.5 Å². The van der Waals surface area contributed by atoms with Crippen LogP contribution in [-0.2, 0) is 0 Å². The summed E-state index contributed by atoms with van der Waals surface area (Å²) in [6, 6.07) is 6.73. The van der Waals surface area contributed by atoms with Gasteiger partial charge in [-0.1, -0.05) is 20.3 Å². The van der Waals surface area contributed by atoms with Crippen LogP contribution in [0.3, 0.4) is 0 Å². The molecule has 2 rings (SSSR count). The van der Waals surface area contributed by atoms with Gasteiger partial charge in [-0.25, -0.2) is 0 Å². The highest BCUT2D eigenvalue weighted by Crippen LogP contribution is 2.36. The summed E-state index contributed by atoms with van der Waals surface area (Å²) in [6.07, 6.45) is 5.23. The molecule has 94 valence electrons. The zero-order chi connectivity index (χ0) is 12.5. The van der Waals surface area contributed by atoms with E-state index in [0.717, 1.165) is 5.69 Å². The summed E-state index contributed by atoms with van der Waals surface area (Å²) in [6.45, 7) is 6.86. The molecule has 1 fully saturated rings. The first-order chi connectivity index (χ1) is 7.96. The predicted octanol–water partition coefficient (Wildman–Crippen LogP) is 3.96. The lowest BCUT2D eigenvalue weighted by Gasteiger charge is -2.36. The van der Waals surface area contributed by atoms with Crippen molar-refractivity contribution < 1.29 is 0 Å². The number of aryl methyl sites for hydroxylation is 1. The van der Waals surface area contributed by atoms with Crippen LogP contribution in [0.1, 0.15) is 45.1 Å². The second kappa shape index (κ2) is 4.59. The topological polar surface area (TPSA) is 38.0 Å². The van der Waals surface area contributed by atoms with E-state index in [-0.39, 0.29) is 0 Å². The smallest absolute Gasteiger partial charge is 0.0373 e. The molecular formula is C15H24N2. The molecule has 0 bridgehead atoms. The van der Waals surface area contributed by atoms with Crippen LogP contribution in [0.15, 0.2) is 18.2 Å². The third-order valence-corrected chi connectivity index (χ3v) is 3.82. The van der Waals surface area contributed by atoms with Crippen molar-refractivity contribution in [3.8, 4) is 0 Å². The number of hydrogen-bond donors (Lipinski definition) is 2. The lowest BCUT2D eigenvalue weighted by Crippen LogP contribution is -2.31. The minimum Gasteiger partial charge on any atom is -0.399 e. The first kappa shape index (κ1) is 12.3. The van der Waals surface area contributed by atoms with Crippen molar-refractivity contribution in [2.75, 3.05) is 11.1 Å². The molecule has 1 aromatic rings. The number of nitrogens with one attached hydrogen (secondary N) is 1. The Morgan fingerprint density at radius 3 is 2.76 bits per heavy atom. The number of nitrogen functional groups attached to an aromatic ring is 1. The van der Waals surface area contributed by atoms with E-state index in [1.54, 1.807) is 0 Å². The van der Waals surface area contributed by atoms with E-state index in [9.17, 15) is 0 Å². The molecule has 2 nitrogen and oxygen atoms in total. The Morgan fingerprint density at radius 2 is 2.12 bits per heavy atom. The average molecular weight is 232 g/mol. The van der Waals surface area contributed by atoms with Gasteiger partial charge in [-0.15, -0.1) is 0 Å². The minimum atomic E-state index is 0.484. The van der Waals surface area contributed by atoms with Gasteiger partial charge in [0.1, 0.15) is 0 Å². The van der Waals surface area contributed by atoms with Gasteiger partial charge in [0.2, 0.25) is 0 Å². The number of anilines is 2. The largest absolute Gasteiger partial charge is 0.399 e. The van der Waals surface area contributed by atoms with Gasteiger partial charge in [-0.05, 0) is 55.4 Å². The number of benzene rings is 1. The monoisotopic (exact) mass is 232 g/mol. The first-order valence-electron chi connectivity index (χ1n) is 6.59. The molecule has 17 heavy (non-hydrogen) atoms. The molecule has 0 heterocycles. The third kappa shape index (κ3) is 3.15. The Bertz CT molecular complexity index is 396. The molecular weight excluding hydrogens is 208 g/mol. The van der Waals surface area contributed by atoms with Crippen molar-refractivity contribution in [1.82, 2.24) is 0 Å². The molecule has 1 aliphatic rings. The second-order valence-corrected chi connectivity index (χ2v) is 6.18. The van der Waals surface area contributed by atoms with E-state index >= 15 is 0 Å². The highest BCUT2D eigenvalue weighted by Gasteiger charge is 2.27. The van der Waals surface area contributed by atoms with Gasteiger partial charge >= 0.3 is 0 Å². The molecule has 0 radical (unpaired) electrons. The molecule has 0 aromatic heterocycles. The van der Waals surface area contributed by atoms with Crippen LogP contribution in [0.25, 0.3) is 0 Å². The van der Waals surface area contributed by atoms with Crippen molar-refractivity contribution in [3.63, 3.8) is 0 Å². The fraction of sp³-hybridized carbons (Fsp3) is 0.600. The van der Waals surface area contributed by atoms with Crippen LogP contribution in [0, 0.1) is 12.3 Å². The molecule has 1 unspecified atom stereocenters. The van der Waals surface area contributed by atoms with E-state index in [4.69, 9.17) is 5.73 Å². The van der Waals surface area contributed by atoms with Gasteiger partial charge in [0.25, 0.3) is 0 Å². The first-order valence-corrected chi connectivity index (χ1v) is 6.59. The van der Waals surface area contributed by atoms with E-state index in [0.29, 0.717) is 11.5 Å². The molecule has 3 N–H and O–H groups in total. The summed E-state index contributed by atoms with van der Waals surface area (Å²) >= 11 is 0. The maximum atomic E-state index is 5.78. The van der Waals surface area contributed by atoms with Gasteiger partial charge in [0.05, 0.1) is 0 Å². The van der Waals surface area contributed by atoms with E-state index < -0.39 is 0 Å². The summed E-state index contributed by atoms with van der Waals surface area (Å²) in [4.78, 5) is 0. The summed E-state index contributed by atoms with van der Waals surface area (Å²) in [5.41, 5.74) is 9.59. The fourth-order valence-corrected chi connectivity index (χ4v) is 2.89. The van der Waals surface area contributed by atoms with Crippen LogP contribution >= 0.6 is 0 Å². The highest BCUT2D eigenvalue weighted by atomic mass is 14.9. The van der Waals surface area contributed by atoms with Crippen molar-refractivity contribution in [3.05, 3.63) is 23.8 Å². The third-order valence-electron chi connectivity index (χ3n) is 3.82. The van der Waals surface area contributed by atoms with E-state index in [1.807, 2.05) is 12.1 Å². The van der Waals surface area contributed by atoms with Gasteiger partial charge in [-0.2, -0.15) is 0 Å². The zero-order valence-corrected chi connectivity index (χ0v) is 11.2. The van der Waals surface area contributed by atoms with Crippen LogP contribution in [0.5, 0.6) is 0 Å². The van der Waals surface area contributed by atoms with Gasteiger partial charge < -0.3 is 11.1 Å². The van der Waals surface area contributed by atoms with Crippen molar-refractivity contribution in [1.29, 1.82) is 0 Å². The van der Waals surface area contributed by atoms with E-state index in [2.05, 4.69) is 32.2 Å². The second-order valence-electron chi connectivity index (χ2n) is 6.18. The quantitative estimate of drug-likeness (QED) is 0.757. The average Bonchev–Trinajstić information content (AvgIpc) is 2.21. The van der Waals surface area contributed by atoms with Crippen LogP contribution in [-0.4, -0.2) is 6.04 Å². The van der Waals surface area contributed by atoms with Crippen LogP contribution < -0.4 is 11.1 Å². The molecule has 1 aliphatic carbocycles. The maximum absolute atomic E-state index is 5.78. The molecule has 1 aromatic carbocycles. The standard InChI is InChI=1S/C15H24N2/c1-11-9-12(16)6-7-14(11)17-13-5-4-8-15(2,3)10-13/h6-7,9,13,17H,4-5,8,10,16H2,1-3H3. The SMILES string of the molecule is Cc1cc(N)ccc1NC1CCCC(C)(C)C1. The molecule has 2 heteroatoms. The highest BCUT2D eigenvalue weighted by molar-refractivity contribution is 5.57.